The zero-order valence-corrected chi connectivity index (χ0v) is 12.5. The van der Waals surface area contributed by atoms with Gasteiger partial charge >= 0.3 is 0 Å². The van der Waals surface area contributed by atoms with E-state index in [0.717, 1.165) is 48.5 Å². The minimum absolute atomic E-state index is 0.491. The number of benzene rings is 2. The lowest BCUT2D eigenvalue weighted by atomic mass is 10.1. The molecule has 0 radical (unpaired) electrons. The molecule has 1 aliphatic rings. The van der Waals surface area contributed by atoms with Crippen molar-refractivity contribution in [3.8, 4) is 11.4 Å². The summed E-state index contributed by atoms with van der Waals surface area (Å²) >= 11 is 0. The van der Waals surface area contributed by atoms with E-state index in [1.807, 2.05) is 24.3 Å². The molecule has 4 rings (SSSR count). The van der Waals surface area contributed by atoms with Crippen molar-refractivity contribution in [2.75, 3.05) is 18.8 Å². The van der Waals surface area contributed by atoms with Crippen LogP contribution in [0.15, 0.2) is 48.5 Å². The van der Waals surface area contributed by atoms with Crippen molar-refractivity contribution in [3.05, 3.63) is 48.5 Å². The van der Waals surface area contributed by atoms with Gasteiger partial charge in [0.15, 0.2) is 0 Å². The molecule has 0 atom stereocenters. The molecule has 2 aromatic carbocycles. The second kappa shape index (κ2) is 5.46. The third-order valence-electron chi connectivity index (χ3n) is 4.41. The first kappa shape index (κ1) is 13.3. The van der Waals surface area contributed by atoms with E-state index in [2.05, 4.69) is 34.1 Å². The quantitative estimate of drug-likeness (QED) is 0.713. The normalized spacial score (nSPS) is 16.2. The average Bonchev–Trinajstić information content (AvgIpc) is 2.95. The van der Waals surface area contributed by atoms with E-state index in [0.29, 0.717) is 6.04 Å². The number of imidazole rings is 1. The number of nitrogen functional groups attached to an aromatic ring is 1. The minimum Gasteiger partial charge on any atom is -0.399 e. The Morgan fingerprint density at radius 3 is 2.68 bits per heavy atom. The Morgan fingerprint density at radius 2 is 1.86 bits per heavy atom. The zero-order valence-electron chi connectivity index (χ0n) is 12.5. The number of hydrogen-bond acceptors (Lipinski definition) is 3. The first-order valence-corrected chi connectivity index (χ1v) is 7.86. The number of piperidine rings is 1. The van der Waals surface area contributed by atoms with Crippen LogP contribution in [0.2, 0.25) is 0 Å². The van der Waals surface area contributed by atoms with Gasteiger partial charge in [-0.2, -0.15) is 0 Å². The summed E-state index contributed by atoms with van der Waals surface area (Å²) in [5, 5.41) is 3.44. The number of hydrogen-bond donors (Lipinski definition) is 2. The van der Waals surface area contributed by atoms with Crippen molar-refractivity contribution in [2.24, 2.45) is 0 Å². The maximum Gasteiger partial charge on any atom is 0.141 e. The topological polar surface area (TPSA) is 55.9 Å². The van der Waals surface area contributed by atoms with Gasteiger partial charge in [0.2, 0.25) is 0 Å². The summed E-state index contributed by atoms with van der Waals surface area (Å²) in [6.45, 7) is 2.13. The second-order valence-corrected chi connectivity index (χ2v) is 5.90. The standard InChI is InChI=1S/C18H20N4/c19-14-5-3-4-13(12-14)18-21-16-6-1-2-7-17(16)22(18)15-8-10-20-11-9-15/h1-7,12,15,20H,8-11,19H2. The van der Waals surface area contributed by atoms with E-state index in [4.69, 9.17) is 10.7 Å². The minimum atomic E-state index is 0.491. The van der Waals surface area contributed by atoms with Crippen LogP contribution in [0.4, 0.5) is 5.69 Å². The molecule has 1 fully saturated rings. The molecule has 0 saturated carbocycles. The van der Waals surface area contributed by atoms with Gasteiger partial charge in [-0.3, -0.25) is 0 Å². The smallest absolute Gasteiger partial charge is 0.141 e. The number of fused-ring (bicyclic) bond motifs is 1. The molecule has 4 heteroatoms. The maximum atomic E-state index is 5.97. The molecule has 112 valence electrons. The molecule has 0 aliphatic carbocycles. The first-order valence-electron chi connectivity index (χ1n) is 7.86. The molecular weight excluding hydrogens is 272 g/mol. The Kier molecular flexibility index (Phi) is 3.31. The summed E-state index contributed by atoms with van der Waals surface area (Å²) < 4.78 is 2.41. The van der Waals surface area contributed by atoms with Crippen LogP contribution >= 0.6 is 0 Å². The van der Waals surface area contributed by atoms with Gasteiger partial charge in [0, 0.05) is 17.3 Å². The van der Waals surface area contributed by atoms with Crippen LogP contribution in [0.3, 0.4) is 0 Å². The van der Waals surface area contributed by atoms with Crippen LogP contribution in [-0.4, -0.2) is 22.6 Å². The number of aromatic nitrogens is 2. The number of nitrogens with zero attached hydrogens (tertiary/aromatic N) is 2. The molecule has 4 nitrogen and oxygen atoms in total. The summed E-state index contributed by atoms with van der Waals surface area (Å²) in [4.78, 5) is 4.89. The lowest BCUT2D eigenvalue weighted by Gasteiger charge is -2.26. The number of anilines is 1. The Balaban J connectivity index is 1.93. The fraction of sp³-hybridized carbons (Fsp3) is 0.278. The summed E-state index contributed by atoms with van der Waals surface area (Å²) in [6, 6.07) is 16.9. The highest BCUT2D eigenvalue weighted by molar-refractivity contribution is 5.81. The highest BCUT2D eigenvalue weighted by Crippen LogP contribution is 2.32. The molecule has 0 bridgehead atoms. The highest BCUT2D eigenvalue weighted by Gasteiger charge is 2.21. The van der Waals surface area contributed by atoms with Crippen LogP contribution in [0.25, 0.3) is 22.4 Å². The van der Waals surface area contributed by atoms with Gasteiger partial charge < -0.3 is 15.6 Å². The molecule has 3 aromatic rings. The summed E-state index contributed by atoms with van der Waals surface area (Å²) in [5.41, 5.74) is 10.1. The lowest BCUT2D eigenvalue weighted by molar-refractivity contribution is 0.377. The van der Waals surface area contributed by atoms with Crippen LogP contribution in [0.1, 0.15) is 18.9 Å². The third kappa shape index (κ3) is 2.25. The van der Waals surface area contributed by atoms with Gasteiger partial charge in [0.05, 0.1) is 11.0 Å². The lowest BCUT2D eigenvalue weighted by Crippen LogP contribution is -2.29. The number of para-hydroxylation sites is 2. The van der Waals surface area contributed by atoms with Gasteiger partial charge in [-0.25, -0.2) is 4.98 Å². The van der Waals surface area contributed by atoms with Gasteiger partial charge in [0.1, 0.15) is 5.82 Å². The molecule has 0 spiro atoms. The van der Waals surface area contributed by atoms with E-state index in [-0.39, 0.29) is 0 Å². The van der Waals surface area contributed by atoms with E-state index < -0.39 is 0 Å². The molecule has 22 heavy (non-hydrogen) atoms. The molecule has 1 saturated heterocycles. The van der Waals surface area contributed by atoms with Gasteiger partial charge in [-0.05, 0) is 50.2 Å². The van der Waals surface area contributed by atoms with Crippen LogP contribution in [0.5, 0.6) is 0 Å². The van der Waals surface area contributed by atoms with E-state index in [1.165, 1.54) is 5.52 Å². The Morgan fingerprint density at radius 1 is 1.05 bits per heavy atom. The molecule has 0 unspecified atom stereocenters. The van der Waals surface area contributed by atoms with E-state index >= 15 is 0 Å². The average molecular weight is 292 g/mol. The first-order chi connectivity index (χ1) is 10.8. The highest BCUT2D eigenvalue weighted by atomic mass is 15.1. The summed E-state index contributed by atoms with van der Waals surface area (Å²) in [5.74, 6) is 1.03. The largest absolute Gasteiger partial charge is 0.399 e. The van der Waals surface area contributed by atoms with Crippen LogP contribution in [0, 0.1) is 0 Å². The zero-order chi connectivity index (χ0) is 14.9. The molecule has 2 heterocycles. The SMILES string of the molecule is Nc1cccc(-c2nc3ccccc3n2C2CCNCC2)c1. The summed E-state index contributed by atoms with van der Waals surface area (Å²) in [6.07, 6.45) is 2.27. The fourth-order valence-electron chi connectivity index (χ4n) is 3.36. The van der Waals surface area contributed by atoms with Crippen LogP contribution < -0.4 is 11.1 Å². The Bertz CT molecular complexity index is 800. The monoisotopic (exact) mass is 292 g/mol. The molecule has 0 amide bonds. The molecule has 3 N–H and O–H groups in total. The molecular formula is C18H20N4. The van der Waals surface area contributed by atoms with Gasteiger partial charge in [-0.15, -0.1) is 0 Å². The van der Waals surface area contributed by atoms with Crippen molar-refractivity contribution in [2.45, 2.75) is 18.9 Å². The Labute approximate surface area is 130 Å². The van der Waals surface area contributed by atoms with Crippen molar-refractivity contribution < 1.29 is 0 Å². The predicted octanol–water partition coefficient (Wildman–Crippen LogP) is 3.21. The van der Waals surface area contributed by atoms with Gasteiger partial charge in [0.25, 0.3) is 0 Å². The van der Waals surface area contributed by atoms with Crippen molar-refractivity contribution >= 4 is 16.7 Å². The fourth-order valence-corrected chi connectivity index (χ4v) is 3.36. The second-order valence-electron chi connectivity index (χ2n) is 5.90. The maximum absolute atomic E-state index is 5.97. The summed E-state index contributed by atoms with van der Waals surface area (Å²) in [7, 11) is 0. The van der Waals surface area contributed by atoms with Crippen molar-refractivity contribution in [3.63, 3.8) is 0 Å². The third-order valence-corrected chi connectivity index (χ3v) is 4.41. The van der Waals surface area contributed by atoms with Crippen LogP contribution in [-0.2, 0) is 0 Å². The van der Waals surface area contributed by atoms with Gasteiger partial charge in [-0.1, -0.05) is 24.3 Å². The van der Waals surface area contributed by atoms with E-state index in [1.54, 1.807) is 0 Å². The molecule has 1 aromatic heterocycles. The van der Waals surface area contributed by atoms with Crippen molar-refractivity contribution in [1.82, 2.24) is 14.9 Å². The van der Waals surface area contributed by atoms with Crippen molar-refractivity contribution in [1.29, 1.82) is 0 Å². The number of rotatable bonds is 2. The molecule has 1 aliphatic heterocycles. The number of nitrogens with one attached hydrogen (secondary N) is 1. The number of nitrogens with two attached hydrogens (primary N) is 1. The van der Waals surface area contributed by atoms with E-state index in [9.17, 15) is 0 Å². The Hall–Kier alpha value is -2.33. The predicted molar refractivity (Wildman–Crippen MR) is 90.7 cm³/mol.